The number of rotatable bonds is 9. The summed E-state index contributed by atoms with van der Waals surface area (Å²) in [4.78, 5) is 27.2. The number of carbonyl (C=O) groups is 2. The standard InChI is InChI=1S/C28H31NO4/c1-27(2,32)25(30)22-12-8-10-20(16-22)18-29(24-14-6-5-7-15-24)19-21-11-9-13-23(17-21)26(31)28(3,4)33/h5-17,32-33H,18-19H2,1-4H3. The Balaban J connectivity index is 1.91. The van der Waals surface area contributed by atoms with Crippen LogP contribution in [0.15, 0.2) is 78.9 Å². The molecule has 0 spiro atoms. The van der Waals surface area contributed by atoms with Crippen molar-refractivity contribution in [3.8, 4) is 0 Å². The first-order chi connectivity index (χ1) is 15.4. The van der Waals surface area contributed by atoms with Crippen molar-refractivity contribution < 1.29 is 19.8 Å². The number of anilines is 1. The van der Waals surface area contributed by atoms with Crippen molar-refractivity contribution in [3.05, 3.63) is 101 Å². The summed E-state index contributed by atoms with van der Waals surface area (Å²) in [6, 6.07) is 24.5. The third kappa shape index (κ3) is 6.37. The van der Waals surface area contributed by atoms with Crippen LogP contribution in [0.25, 0.3) is 0 Å². The van der Waals surface area contributed by atoms with Gasteiger partial charge in [0.25, 0.3) is 0 Å². The number of ketones is 2. The molecule has 0 aliphatic heterocycles. The van der Waals surface area contributed by atoms with Gasteiger partial charge < -0.3 is 15.1 Å². The van der Waals surface area contributed by atoms with E-state index in [1.807, 2.05) is 66.7 Å². The monoisotopic (exact) mass is 445 g/mol. The van der Waals surface area contributed by atoms with Crippen molar-refractivity contribution in [3.63, 3.8) is 0 Å². The van der Waals surface area contributed by atoms with Crippen molar-refractivity contribution in [1.82, 2.24) is 0 Å². The number of hydrogen-bond acceptors (Lipinski definition) is 5. The van der Waals surface area contributed by atoms with Gasteiger partial charge in [-0.05, 0) is 63.1 Å². The Morgan fingerprint density at radius 2 is 1.09 bits per heavy atom. The Hall–Kier alpha value is -3.28. The van der Waals surface area contributed by atoms with Crippen molar-refractivity contribution in [2.24, 2.45) is 0 Å². The van der Waals surface area contributed by atoms with E-state index in [1.54, 1.807) is 12.1 Å². The van der Waals surface area contributed by atoms with Gasteiger partial charge in [-0.3, -0.25) is 9.59 Å². The quantitative estimate of drug-likeness (QED) is 0.463. The predicted octanol–water partition coefficient (Wildman–Crippen LogP) is 4.80. The molecule has 0 saturated heterocycles. The molecule has 0 amide bonds. The van der Waals surface area contributed by atoms with Gasteiger partial charge in [0.05, 0.1) is 0 Å². The van der Waals surface area contributed by atoms with Gasteiger partial charge in [-0.15, -0.1) is 0 Å². The maximum absolute atomic E-state index is 12.5. The molecule has 0 heterocycles. The lowest BCUT2D eigenvalue weighted by Crippen LogP contribution is -2.31. The van der Waals surface area contributed by atoms with E-state index in [4.69, 9.17) is 0 Å². The molecule has 172 valence electrons. The Morgan fingerprint density at radius 3 is 1.48 bits per heavy atom. The molecule has 0 aromatic heterocycles. The number of para-hydroxylation sites is 1. The zero-order valence-electron chi connectivity index (χ0n) is 19.6. The minimum atomic E-state index is -1.44. The number of benzene rings is 3. The normalized spacial score (nSPS) is 11.8. The highest BCUT2D eigenvalue weighted by molar-refractivity contribution is 6.02. The number of Topliss-reactive ketones (excluding diaryl/α,β-unsaturated/α-hetero) is 2. The molecule has 0 bridgehead atoms. The second-order valence-corrected chi connectivity index (χ2v) is 9.37. The van der Waals surface area contributed by atoms with Crippen LogP contribution in [0.1, 0.15) is 59.5 Å². The van der Waals surface area contributed by atoms with Crippen molar-refractivity contribution >= 4 is 17.3 Å². The molecule has 5 heteroatoms. The maximum atomic E-state index is 12.5. The predicted molar refractivity (Wildman–Crippen MR) is 130 cm³/mol. The molecule has 0 atom stereocenters. The first kappa shape index (κ1) is 24.4. The van der Waals surface area contributed by atoms with E-state index < -0.39 is 11.2 Å². The zero-order chi connectivity index (χ0) is 24.2. The fourth-order valence-corrected chi connectivity index (χ4v) is 3.65. The van der Waals surface area contributed by atoms with E-state index in [-0.39, 0.29) is 11.6 Å². The second-order valence-electron chi connectivity index (χ2n) is 9.37. The Kier molecular flexibility index (Phi) is 7.15. The summed E-state index contributed by atoms with van der Waals surface area (Å²) in [5.41, 5.74) is 0.902. The SMILES string of the molecule is CC(C)(O)C(=O)c1cccc(CN(Cc2cccc(C(=O)C(C)(C)O)c2)c2ccccc2)c1. The highest BCUT2D eigenvalue weighted by Gasteiger charge is 2.26. The summed E-state index contributed by atoms with van der Waals surface area (Å²) < 4.78 is 0. The number of nitrogens with zero attached hydrogens (tertiary/aromatic N) is 1. The van der Waals surface area contributed by atoms with Crippen LogP contribution < -0.4 is 4.90 Å². The van der Waals surface area contributed by atoms with E-state index in [9.17, 15) is 19.8 Å². The highest BCUT2D eigenvalue weighted by Crippen LogP contribution is 2.23. The molecule has 3 rings (SSSR count). The third-order valence-electron chi connectivity index (χ3n) is 5.36. The molecule has 3 aromatic rings. The van der Waals surface area contributed by atoms with Crippen molar-refractivity contribution in [2.75, 3.05) is 4.90 Å². The van der Waals surface area contributed by atoms with Crippen molar-refractivity contribution in [1.29, 1.82) is 0 Å². The number of hydrogen-bond donors (Lipinski definition) is 2. The third-order valence-corrected chi connectivity index (χ3v) is 5.36. The van der Waals surface area contributed by atoms with Crippen LogP contribution in [0, 0.1) is 0 Å². The molecule has 5 nitrogen and oxygen atoms in total. The first-order valence-corrected chi connectivity index (χ1v) is 11.0. The smallest absolute Gasteiger partial charge is 0.193 e. The van der Waals surface area contributed by atoms with E-state index >= 15 is 0 Å². The van der Waals surface area contributed by atoms with Gasteiger partial charge >= 0.3 is 0 Å². The molecule has 0 saturated carbocycles. The molecule has 0 fully saturated rings. The lowest BCUT2D eigenvalue weighted by Gasteiger charge is -2.26. The van der Waals surface area contributed by atoms with E-state index in [0.29, 0.717) is 24.2 Å². The molecule has 0 unspecified atom stereocenters. The van der Waals surface area contributed by atoms with Gasteiger partial charge in [0.15, 0.2) is 11.6 Å². The van der Waals surface area contributed by atoms with Crippen LogP contribution in [0.5, 0.6) is 0 Å². The summed E-state index contributed by atoms with van der Waals surface area (Å²) in [6.07, 6.45) is 0. The lowest BCUT2D eigenvalue weighted by molar-refractivity contribution is 0.0487. The lowest BCUT2D eigenvalue weighted by atomic mass is 9.95. The summed E-state index contributed by atoms with van der Waals surface area (Å²) in [5, 5.41) is 20.2. The molecule has 0 aliphatic rings. The van der Waals surface area contributed by atoms with Gasteiger partial charge in [-0.2, -0.15) is 0 Å². The van der Waals surface area contributed by atoms with Gasteiger partial charge in [-0.25, -0.2) is 0 Å². The van der Waals surface area contributed by atoms with Gasteiger partial charge in [0.1, 0.15) is 11.2 Å². The van der Waals surface area contributed by atoms with Crippen LogP contribution in [-0.2, 0) is 13.1 Å². The Labute approximate surface area is 195 Å². The fraction of sp³-hybridized carbons (Fsp3) is 0.286. The summed E-state index contributed by atoms with van der Waals surface area (Å²) in [6.45, 7) is 7.00. The molecule has 0 radical (unpaired) electrons. The molecule has 2 N–H and O–H groups in total. The van der Waals surface area contributed by atoms with Crippen LogP contribution in [0.2, 0.25) is 0 Å². The summed E-state index contributed by atoms with van der Waals surface area (Å²) in [5.74, 6) is -0.651. The van der Waals surface area contributed by atoms with Crippen LogP contribution in [0.4, 0.5) is 5.69 Å². The fourth-order valence-electron chi connectivity index (χ4n) is 3.65. The van der Waals surface area contributed by atoms with Gasteiger partial charge in [0.2, 0.25) is 0 Å². The van der Waals surface area contributed by atoms with Crippen LogP contribution >= 0.6 is 0 Å². The maximum Gasteiger partial charge on any atom is 0.193 e. The summed E-state index contributed by atoms with van der Waals surface area (Å²) >= 11 is 0. The molecule has 0 aliphatic carbocycles. The van der Waals surface area contributed by atoms with Gasteiger partial charge in [0, 0.05) is 29.9 Å². The van der Waals surface area contributed by atoms with Crippen molar-refractivity contribution in [2.45, 2.75) is 52.0 Å². The van der Waals surface area contributed by atoms with E-state index in [2.05, 4.69) is 4.90 Å². The van der Waals surface area contributed by atoms with Crippen LogP contribution in [-0.4, -0.2) is 33.0 Å². The Morgan fingerprint density at radius 1 is 0.667 bits per heavy atom. The summed E-state index contributed by atoms with van der Waals surface area (Å²) in [7, 11) is 0. The molecular formula is C28H31NO4. The second kappa shape index (κ2) is 9.69. The molecular weight excluding hydrogens is 414 g/mol. The van der Waals surface area contributed by atoms with E-state index in [0.717, 1.165) is 16.8 Å². The topological polar surface area (TPSA) is 77.8 Å². The largest absolute Gasteiger partial charge is 0.382 e. The average molecular weight is 446 g/mol. The van der Waals surface area contributed by atoms with E-state index in [1.165, 1.54) is 27.7 Å². The first-order valence-electron chi connectivity index (χ1n) is 11.0. The van der Waals surface area contributed by atoms with Gasteiger partial charge in [-0.1, -0.05) is 54.6 Å². The minimum absolute atomic E-state index is 0.326. The minimum Gasteiger partial charge on any atom is -0.382 e. The molecule has 33 heavy (non-hydrogen) atoms. The number of aliphatic hydroxyl groups is 2. The average Bonchev–Trinajstić information content (AvgIpc) is 2.77. The molecule has 3 aromatic carbocycles. The Bertz CT molecular complexity index is 1050. The number of carbonyl (C=O) groups excluding carboxylic acids is 2. The van der Waals surface area contributed by atoms with Crippen LogP contribution in [0.3, 0.4) is 0 Å². The highest BCUT2D eigenvalue weighted by atomic mass is 16.3. The zero-order valence-corrected chi connectivity index (χ0v) is 19.6.